The molecule has 1 aliphatic rings. The highest BCUT2D eigenvalue weighted by Gasteiger charge is 2.36. The first-order valence-corrected chi connectivity index (χ1v) is 8.09. The van der Waals surface area contributed by atoms with Crippen molar-refractivity contribution in [2.75, 3.05) is 25.1 Å². The summed E-state index contributed by atoms with van der Waals surface area (Å²) in [6, 6.07) is 20.0. The Morgan fingerprint density at radius 2 is 1.71 bits per heavy atom. The van der Waals surface area contributed by atoms with Crippen LogP contribution >= 0.6 is 0 Å². The molecule has 0 amide bonds. The van der Waals surface area contributed by atoms with Crippen molar-refractivity contribution >= 4 is 11.7 Å². The number of hydrogen-bond donors (Lipinski definition) is 0. The van der Waals surface area contributed by atoms with E-state index in [1.165, 1.54) is 7.11 Å². The zero-order chi connectivity index (χ0) is 17.0. The molecule has 2 aromatic carbocycles. The molecule has 4 nitrogen and oxygen atoms in total. The average Bonchev–Trinajstić information content (AvgIpc) is 2.68. The standard InChI is InChI=1S/C20H20N2O2/c1-24-19(23)16-7-9-18(10-8-16)22-13-11-20(15-21,12-14-22)17-5-3-2-4-6-17/h2-10H,11-14H2,1H3. The summed E-state index contributed by atoms with van der Waals surface area (Å²) < 4.78 is 4.72. The number of hydrogen-bond acceptors (Lipinski definition) is 4. The summed E-state index contributed by atoms with van der Waals surface area (Å²) in [6.07, 6.45) is 1.60. The van der Waals surface area contributed by atoms with Gasteiger partial charge in [0.25, 0.3) is 0 Å². The predicted octanol–water partition coefficient (Wildman–Crippen LogP) is 3.53. The van der Waals surface area contributed by atoms with Crippen molar-refractivity contribution in [1.29, 1.82) is 5.26 Å². The fourth-order valence-electron chi connectivity index (χ4n) is 3.30. The average molecular weight is 320 g/mol. The molecule has 0 N–H and O–H groups in total. The van der Waals surface area contributed by atoms with Gasteiger partial charge in [-0.25, -0.2) is 4.79 Å². The van der Waals surface area contributed by atoms with Crippen molar-refractivity contribution in [3.63, 3.8) is 0 Å². The third-order valence-electron chi connectivity index (χ3n) is 4.81. The lowest BCUT2D eigenvalue weighted by Gasteiger charge is -2.38. The summed E-state index contributed by atoms with van der Waals surface area (Å²) in [4.78, 5) is 13.8. The molecule has 1 saturated heterocycles. The summed E-state index contributed by atoms with van der Waals surface area (Å²) >= 11 is 0. The second-order valence-corrected chi connectivity index (χ2v) is 6.09. The lowest BCUT2D eigenvalue weighted by molar-refractivity contribution is 0.0601. The molecule has 0 bridgehead atoms. The van der Waals surface area contributed by atoms with Gasteiger partial charge in [0.2, 0.25) is 0 Å². The molecule has 2 aromatic rings. The van der Waals surface area contributed by atoms with Crippen LogP contribution in [0.2, 0.25) is 0 Å². The van der Waals surface area contributed by atoms with E-state index in [0.29, 0.717) is 5.56 Å². The Morgan fingerprint density at radius 1 is 1.08 bits per heavy atom. The van der Waals surface area contributed by atoms with Gasteiger partial charge in [0.15, 0.2) is 0 Å². The van der Waals surface area contributed by atoms with Crippen LogP contribution in [0.15, 0.2) is 54.6 Å². The molecular weight excluding hydrogens is 300 g/mol. The number of benzene rings is 2. The number of anilines is 1. The lowest BCUT2D eigenvalue weighted by Crippen LogP contribution is -2.42. The normalized spacial score (nSPS) is 16.2. The highest BCUT2D eigenvalue weighted by molar-refractivity contribution is 5.89. The largest absolute Gasteiger partial charge is 0.465 e. The summed E-state index contributed by atoms with van der Waals surface area (Å²) in [6.45, 7) is 1.64. The fourth-order valence-corrected chi connectivity index (χ4v) is 3.30. The van der Waals surface area contributed by atoms with Crippen molar-refractivity contribution in [2.45, 2.75) is 18.3 Å². The maximum Gasteiger partial charge on any atom is 0.337 e. The maximum absolute atomic E-state index is 11.5. The van der Waals surface area contributed by atoms with E-state index in [0.717, 1.165) is 37.2 Å². The number of nitriles is 1. The van der Waals surface area contributed by atoms with E-state index in [4.69, 9.17) is 4.74 Å². The Balaban J connectivity index is 1.73. The van der Waals surface area contributed by atoms with Gasteiger partial charge < -0.3 is 9.64 Å². The zero-order valence-corrected chi connectivity index (χ0v) is 13.7. The van der Waals surface area contributed by atoms with Crippen molar-refractivity contribution in [1.82, 2.24) is 0 Å². The number of esters is 1. The molecule has 24 heavy (non-hydrogen) atoms. The van der Waals surface area contributed by atoms with Crippen LogP contribution in [0.5, 0.6) is 0 Å². The molecule has 0 aliphatic carbocycles. The number of ether oxygens (including phenoxy) is 1. The topological polar surface area (TPSA) is 53.3 Å². The smallest absolute Gasteiger partial charge is 0.337 e. The quantitative estimate of drug-likeness (QED) is 0.812. The van der Waals surface area contributed by atoms with E-state index in [2.05, 4.69) is 11.0 Å². The second kappa shape index (κ2) is 6.76. The SMILES string of the molecule is COC(=O)c1ccc(N2CCC(C#N)(c3ccccc3)CC2)cc1. The minimum atomic E-state index is -0.399. The van der Waals surface area contributed by atoms with Crippen molar-refractivity contribution < 1.29 is 9.53 Å². The van der Waals surface area contributed by atoms with E-state index in [1.54, 1.807) is 12.1 Å². The molecular formula is C20H20N2O2. The molecule has 1 heterocycles. The Labute approximate surface area is 142 Å². The number of rotatable bonds is 3. The van der Waals surface area contributed by atoms with E-state index in [9.17, 15) is 10.1 Å². The van der Waals surface area contributed by atoms with Gasteiger partial charge in [-0.15, -0.1) is 0 Å². The third kappa shape index (κ3) is 2.98. The number of carbonyl (C=O) groups excluding carboxylic acids is 1. The molecule has 0 aromatic heterocycles. The third-order valence-corrected chi connectivity index (χ3v) is 4.81. The zero-order valence-electron chi connectivity index (χ0n) is 13.7. The first kappa shape index (κ1) is 16.1. The van der Waals surface area contributed by atoms with Crippen LogP contribution in [0.4, 0.5) is 5.69 Å². The molecule has 1 aliphatic heterocycles. The number of nitrogens with zero attached hydrogens (tertiary/aromatic N) is 2. The van der Waals surface area contributed by atoms with Gasteiger partial charge in [-0.1, -0.05) is 30.3 Å². The minimum Gasteiger partial charge on any atom is -0.465 e. The molecule has 0 radical (unpaired) electrons. The molecule has 1 fully saturated rings. The van der Waals surface area contributed by atoms with E-state index in [1.807, 2.05) is 42.5 Å². The van der Waals surface area contributed by atoms with Crippen molar-refractivity contribution in [3.8, 4) is 6.07 Å². The van der Waals surface area contributed by atoms with Gasteiger partial charge in [0.1, 0.15) is 0 Å². The van der Waals surface area contributed by atoms with Gasteiger partial charge in [-0.2, -0.15) is 5.26 Å². The summed E-state index contributed by atoms with van der Waals surface area (Å²) in [5, 5.41) is 9.76. The number of carbonyl (C=O) groups is 1. The molecule has 122 valence electrons. The summed E-state index contributed by atoms with van der Waals surface area (Å²) in [5.74, 6) is -0.326. The summed E-state index contributed by atoms with van der Waals surface area (Å²) in [5.41, 5.74) is 2.33. The Hall–Kier alpha value is -2.80. The van der Waals surface area contributed by atoms with Crippen molar-refractivity contribution in [3.05, 3.63) is 65.7 Å². The van der Waals surface area contributed by atoms with Gasteiger partial charge in [0.05, 0.1) is 24.2 Å². The van der Waals surface area contributed by atoms with Crippen molar-refractivity contribution in [2.24, 2.45) is 0 Å². The van der Waals surface area contributed by atoms with Crippen LogP contribution in [-0.2, 0) is 10.2 Å². The maximum atomic E-state index is 11.5. The Kier molecular flexibility index (Phi) is 4.52. The predicted molar refractivity (Wildman–Crippen MR) is 93.0 cm³/mol. The van der Waals surface area contributed by atoms with Crippen LogP contribution < -0.4 is 4.90 Å². The molecule has 4 heteroatoms. The highest BCUT2D eigenvalue weighted by Crippen LogP contribution is 2.36. The Morgan fingerprint density at radius 3 is 2.25 bits per heavy atom. The molecule has 0 unspecified atom stereocenters. The van der Waals surface area contributed by atoms with Crippen LogP contribution in [0.1, 0.15) is 28.8 Å². The Bertz CT molecular complexity index is 739. The van der Waals surface area contributed by atoms with E-state index >= 15 is 0 Å². The van der Waals surface area contributed by atoms with Crippen LogP contribution in [0, 0.1) is 11.3 Å². The number of piperidine rings is 1. The van der Waals surface area contributed by atoms with Crippen LogP contribution in [-0.4, -0.2) is 26.2 Å². The minimum absolute atomic E-state index is 0.326. The first-order chi connectivity index (χ1) is 11.7. The van der Waals surface area contributed by atoms with Gasteiger partial charge >= 0.3 is 5.97 Å². The first-order valence-electron chi connectivity index (χ1n) is 8.09. The van der Waals surface area contributed by atoms with Gasteiger partial charge in [-0.3, -0.25) is 0 Å². The molecule has 0 atom stereocenters. The van der Waals surface area contributed by atoms with E-state index < -0.39 is 5.41 Å². The van der Waals surface area contributed by atoms with Crippen LogP contribution in [0.3, 0.4) is 0 Å². The number of methoxy groups -OCH3 is 1. The molecule has 0 spiro atoms. The van der Waals surface area contributed by atoms with E-state index in [-0.39, 0.29) is 5.97 Å². The van der Waals surface area contributed by atoms with Gasteiger partial charge in [-0.05, 0) is 42.7 Å². The highest BCUT2D eigenvalue weighted by atomic mass is 16.5. The van der Waals surface area contributed by atoms with Crippen LogP contribution in [0.25, 0.3) is 0 Å². The lowest BCUT2D eigenvalue weighted by atomic mass is 9.74. The molecule has 3 rings (SSSR count). The van der Waals surface area contributed by atoms with Gasteiger partial charge in [0, 0.05) is 18.8 Å². The summed E-state index contributed by atoms with van der Waals surface area (Å²) in [7, 11) is 1.38. The molecule has 0 saturated carbocycles. The fraction of sp³-hybridized carbons (Fsp3) is 0.300. The monoisotopic (exact) mass is 320 g/mol. The second-order valence-electron chi connectivity index (χ2n) is 6.09.